The number of ether oxygens (including phenoxy) is 4. The molecule has 12 nitrogen and oxygen atoms in total. The maximum absolute atomic E-state index is 14.6. The SMILES string of the molecule is C=CCCC(=O)N[C@@H](COC)[C@@H](OC(=O)[C@@H]1[C@@H]2CC[C@]3(O2)[C@H](C(=O)N(CC=C)c2ccc(OC)cc2)N(CCCO)C(=O)[C@@H]13)c1ccccc1. The Morgan fingerprint density at radius 1 is 1.12 bits per heavy atom. The number of hydrogen-bond donors (Lipinski definition) is 2. The summed E-state index contributed by atoms with van der Waals surface area (Å²) in [4.78, 5) is 59.3. The van der Waals surface area contributed by atoms with Crippen molar-refractivity contribution in [2.75, 3.05) is 45.4 Å². The zero-order valence-electron chi connectivity index (χ0n) is 28.7. The van der Waals surface area contributed by atoms with Gasteiger partial charge in [0.05, 0.1) is 37.7 Å². The number of benzene rings is 2. The number of amides is 3. The number of fused-ring (bicyclic) bond motifs is 1. The molecule has 2 aromatic rings. The predicted molar refractivity (Wildman–Crippen MR) is 185 cm³/mol. The molecule has 3 aliphatic heterocycles. The maximum atomic E-state index is 14.6. The summed E-state index contributed by atoms with van der Waals surface area (Å²) in [5.41, 5.74) is -0.0593. The van der Waals surface area contributed by atoms with E-state index in [0.29, 0.717) is 36.3 Å². The van der Waals surface area contributed by atoms with Gasteiger partial charge < -0.3 is 39.2 Å². The fraction of sp³-hybridized carbons (Fsp3) is 0.474. The van der Waals surface area contributed by atoms with Crippen LogP contribution in [0.4, 0.5) is 5.69 Å². The number of anilines is 1. The molecular weight excluding hydrogens is 642 g/mol. The molecule has 1 spiro atoms. The Balaban J connectivity index is 1.48. The second kappa shape index (κ2) is 16.5. The normalized spacial score (nSPS) is 24.6. The molecular formula is C38H47N3O9. The first-order valence-corrected chi connectivity index (χ1v) is 17.0. The first-order chi connectivity index (χ1) is 24.2. The second-order valence-electron chi connectivity index (χ2n) is 12.8. The maximum Gasteiger partial charge on any atom is 0.313 e. The first-order valence-electron chi connectivity index (χ1n) is 17.0. The number of nitrogens with zero attached hydrogens (tertiary/aromatic N) is 2. The Labute approximate surface area is 293 Å². The molecule has 0 radical (unpaired) electrons. The Morgan fingerprint density at radius 2 is 1.86 bits per heavy atom. The summed E-state index contributed by atoms with van der Waals surface area (Å²) >= 11 is 0. The summed E-state index contributed by atoms with van der Waals surface area (Å²) in [7, 11) is 3.05. The minimum absolute atomic E-state index is 0.0551. The topological polar surface area (TPSA) is 144 Å². The summed E-state index contributed by atoms with van der Waals surface area (Å²) in [6.07, 6.45) is 3.42. The molecule has 3 aliphatic rings. The Kier molecular flexibility index (Phi) is 12.1. The molecule has 0 unspecified atom stereocenters. The lowest BCUT2D eigenvalue weighted by Gasteiger charge is -2.36. The lowest BCUT2D eigenvalue weighted by atomic mass is 9.70. The van der Waals surface area contributed by atoms with Gasteiger partial charge in [-0.2, -0.15) is 0 Å². The number of carbonyl (C=O) groups is 4. The number of nitrogens with one attached hydrogen (secondary N) is 1. The molecule has 2 N–H and O–H groups in total. The highest BCUT2D eigenvalue weighted by atomic mass is 16.6. The third-order valence-corrected chi connectivity index (χ3v) is 9.83. The number of esters is 1. The number of hydrogen-bond acceptors (Lipinski definition) is 9. The first kappa shape index (κ1) is 36.8. The van der Waals surface area contributed by atoms with Crippen molar-refractivity contribution in [2.45, 2.75) is 62.0 Å². The average Bonchev–Trinajstić information content (AvgIpc) is 3.78. The van der Waals surface area contributed by atoms with Crippen molar-refractivity contribution in [3.8, 4) is 5.75 Å². The smallest absolute Gasteiger partial charge is 0.313 e. The van der Waals surface area contributed by atoms with Gasteiger partial charge in [-0.25, -0.2) is 0 Å². The van der Waals surface area contributed by atoms with Gasteiger partial charge in [0.1, 0.15) is 23.5 Å². The minimum Gasteiger partial charge on any atom is -0.497 e. The summed E-state index contributed by atoms with van der Waals surface area (Å²) in [6, 6.07) is 14.3. The third kappa shape index (κ3) is 7.19. The van der Waals surface area contributed by atoms with Gasteiger partial charge >= 0.3 is 5.97 Å². The van der Waals surface area contributed by atoms with Gasteiger partial charge in [-0.05, 0) is 55.5 Å². The van der Waals surface area contributed by atoms with Crippen molar-refractivity contribution in [1.82, 2.24) is 10.2 Å². The Bertz CT molecular complexity index is 1530. The highest BCUT2D eigenvalue weighted by molar-refractivity contribution is 6.04. The van der Waals surface area contributed by atoms with E-state index in [0.717, 1.165) is 0 Å². The van der Waals surface area contributed by atoms with E-state index in [1.165, 1.54) is 12.0 Å². The van der Waals surface area contributed by atoms with Gasteiger partial charge in [0.2, 0.25) is 11.8 Å². The van der Waals surface area contributed by atoms with Crippen LogP contribution in [0.25, 0.3) is 0 Å². The standard InChI is InChI=1S/C38H47N3O9/c1-5-7-14-30(43)39-28(24-47-3)33(25-12-9-8-10-13-25)49-37(46)31-29-19-20-38(50-29)32(31)35(44)41(22-11-23-42)34(38)36(45)40(21-6-2)26-15-17-27(48-4)18-16-26/h5-6,8-10,12-13,15-18,28-29,31-34,42H,1-2,7,11,14,19-24H2,3-4H3,(H,39,43)/t28-,29-,31+,32+,33-,34-,38+/m0/s1. The van der Waals surface area contributed by atoms with E-state index >= 15 is 0 Å². The summed E-state index contributed by atoms with van der Waals surface area (Å²) in [5.74, 6) is -3.03. The van der Waals surface area contributed by atoms with E-state index in [4.69, 9.17) is 18.9 Å². The highest BCUT2D eigenvalue weighted by Crippen LogP contribution is 2.59. The average molecular weight is 690 g/mol. The number of rotatable bonds is 18. The van der Waals surface area contributed by atoms with Crippen molar-refractivity contribution in [3.05, 3.63) is 85.5 Å². The molecule has 12 heteroatoms. The molecule has 0 aromatic heterocycles. The molecule has 3 fully saturated rings. The van der Waals surface area contributed by atoms with Gasteiger partial charge in [-0.15, -0.1) is 13.2 Å². The molecule has 3 amide bonds. The van der Waals surface area contributed by atoms with Gasteiger partial charge in [0, 0.05) is 38.9 Å². The summed E-state index contributed by atoms with van der Waals surface area (Å²) < 4.78 is 23.6. The number of carbonyl (C=O) groups excluding carboxylic acids is 4. The van der Waals surface area contributed by atoms with E-state index in [9.17, 15) is 24.3 Å². The highest BCUT2D eigenvalue weighted by Gasteiger charge is 2.75. The molecule has 0 saturated carbocycles. The molecule has 50 heavy (non-hydrogen) atoms. The number of aliphatic hydroxyl groups is 1. The van der Waals surface area contributed by atoms with Crippen LogP contribution < -0.4 is 15.0 Å². The van der Waals surface area contributed by atoms with Gasteiger partial charge in [0.15, 0.2) is 0 Å². The van der Waals surface area contributed by atoms with Crippen molar-refractivity contribution in [3.63, 3.8) is 0 Å². The van der Waals surface area contributed by atoms with Crippen LogP contribution in [0.1, 0.15) is 43.8 Å². The van der Waals surface area contributed by atoms with Gasteiger partial charge in [-0.1, -0.05) is 42.5 Å². The third-order valence-electron chi connectivity index (χ3n) is 9.83. The summed E-state index contributed by atoms with van der Waals surface area (Å²) in [5, 5.41) is 12.7. The quantitative estimate of drug-likeness (QED) is 0.178. The molecule has 3 saturated heterocycles. The fourth-order valence-corrected chi connectivity index (χ4v) is 7.67. The molecule has 2 bridgehead atoms. The van der Waals surface area contributed by atoms with E-state index < -0.39 is 53.6 Å². The van der Waals surface area contributed by atoms with Crippen LogP contribution in [0.5, 0.6) is 5.75 Å². The monoisotopic (exact) mass is 689 g/mol. The van der Waals surface area contributed by atoms with E-state index in [-0.39, 0.29) is 51.0 Å². The van der Waals surface area contributed by atoms with E-state index in [1.54, 1.807) is 60.6 Å². The van der Waals surface area contributed by atoms with Crippen LogP contribution in [0.2, 0.25) is 0 Å². The van der Waals surface area contributed by atoms with Crippen LogP contribution >= 0.6 is 0 Å². The Hall–Kier alpha value is -4.52. The zero-order chi connectivity index (χ0) is 35.8. The zero-order valence-corrected chi connectivity index (χ0v) is 28.7. The lowest BCUT2D eigenvalue weighted by Crippen LogP contribution is -2.56. The van der Waals surface area contributed by atoms with Crippen LogP contribution in [0, 0.1) is 11.8 Å². The number of allylic oxidation sites excluding steroid dienone is 1. The molecule has 2 aromatic carbocycles. The van der Waals surface area contributed by atoms with Crippen LogP contribution in [0.3, 0.4) is 0 Å². The fourth-order valence-electron chi connectivity index (χ4n) is 7.67. The minimum atomic E-state index is -1.28. The van der Waals surface area contributed by atoms with Crippen molar-refractivity contribution < 1.29 is 43.2 Å². The molecule has 7 atom stereocenters. The summed E-state index contributed by atoms with van der Waals surface area (Å²) in [6.45, 7) is 7.66. The Morgan fingerprint density at radius 3 is 2.50 bits per heavy atom. The number of aliphatic hydroxyl groups excluding tert-OH is 1. The van der Waals surface area contributed by atoms with Crippen molar-refractivity contribution >= 4 is 29.4 Å². The van der Waals surface area contributed by atoms with Crippen LogP contribution in [-0.2, 0) is 33.4 Å². The van der Waals surface area contributed by atoms with Crippen LogP contribution in [-0.4, -0.2) is 98.0 Å². The molecule has 0 aliphatic carbocycles. The van der Waals surface area contributed by atoms with Gasteiger partial charge in [0.25, 0.3) is 5.91 Å². The van der Waals surface area contributed by atoms with Crippen LogP contribution in [0.15, 0.2) is 79.9 Å². The largest absolute Gasteiger partial charge is 0.497 e. The second-order valence-corrected chi connectivity index (χ2v) is 12.8. The lowest BCUT2D eigenvalue weighted by molar-refractivity contribution is -0.163. The van der Waals surface area contributed by atoms with Crippen molar-refractivity contribution in [2.24, 2.45) is 11.8 Å². The van der Waals surface area contributed by atoms with E-state index in [1.807, 2.05) is 18.2 Å². The van der Waals surface area contributed by atoms with Gasteiger partial charge in [-0.3, -0.25) is 19.2 Å². The van der Waals surface area contributed by atoms with Crippen molar-refractivity contribution in [1.29, 1.82) is 0 Å². The number of methoxy groups -OCH3 is 2. The predicted octanol–water partition coefficient (Wildman–Crippen LogP) is 3.35. The molecule has 5 rings (SSSR count). The van der Waals surface area contributed by atoms with E-state index in [2.05, 4.69) is 18.5 Å². The molecule has 268 valence electrons. The molecule has 3 heterocycles. The number of likely N-dealkylation sites (tertiary alicyclic amines) is 1.